The van der Waals surface area contributed by atoms with Crippen molar-refractivity contribution in [3.05, 3.63) is 40.9 Å². The van der Waals surface area contributed by atoms with E-state index < -0.39 is 47.2 Å². The zero-order valence-electron chi connectivity index (χ0n) is 12.5. The first kappa shape index (κ1) is 16.4. The highest BCUT2D eigenvalue weighted by molar-refractivity contribution is 6.34. The first-order valence-electron chi connectivity index (χ1n) is 7.42. The summed E-state index contributed by atoms with van der Waals surface area (Å²) in [4.78, 5) is 25.5. The van der Waals surface area contributed by atoms with Crippen LogP contribution in [0, 0.1) is 11.8 Å². The molecule has 3 aliphatic rings. The molecule has 2 bridgehead atoms. The van der Waals surface area contributed by atoms with Gasteiger partial charge in [-0.3, -0.25) is 9.59 Å². The Bertz CT molecular complexity index is 824. The summed E-state index contributed by atoms with van der Waals surface area (Å²) in [5, 5.41) is 9.17. The average Bonchev–Trinajstić information content (AvgIpc) is 3.14. The molecule has 1 amide bonds. The summed E-state index contributed by atoms with van der Waals surface area (Å²) in [7, 11) is 0. The number of alkyl halides is 3. The zero-order valence-corrected chi connectivity index (χ0v) is 13.2. The normalized spacial score (nSPS) is 33.2. The molecule has 5 nitrogen and oxygen atoms in total. The molecule has 132 valence electrons. The molecule has 0 aromatic heterocycles. The fourth-order valence-electron chi connectivity index (χ4n) is 3.89. The van der Waals surface area contributed by atoms with E-state index in [0.717, 1.165) is 18.2 Å². The molecular weight excluding hydrogens is 363 g/mol. The molecular formula is C16H11ClF3NO4. The van der Waals surface area contributed by atoms with E-state index in [4.69, 9.17) is 16.3 Å². The van der Waals surface area contributed by atoms with Crippen LogP contribution in [0.3, 0.4) is 0 Å². The quantitative estimate of drug-likeness (QED) is 0.809. The van der Waals surface area contributed by atoms with Crippen molar-refractivity contribution in [3.8, 4) is 0 Å². The van der Waals surface area contributed by atoms with Gasteiger partial charge < -0.3 is 14.7 Å². The Hall–Kier alpha value is -2.06. The molecule has 1 spiro atoms. The lowest BCUT2D eigenvalue weighted by Crippen LogP contribution is -2.39. The van der Waals surface area contributed by atoms with Crippen molar-refractivity contribution in [1.29, 1.82) is 0 Å². The van der Waals surface area contributed by atoms with E-state index in [1.165, 1.54) is 4.90 Å². The van der Waals surface area contributed by atoms with Crippen LogP contribution in [0.5, 0.6) is 0 Å². The molecule has 4 unspecified atom stereocenters. The first-order chi connectivity index (χ1) is 11.6. The number of carboxylic acids is 1. The van der Waals surface area contributed by atoms with Crippen molar-refractivity contribution in [2.75, 3.05) is 11.4 Å². The number of benzene rings is 1. The Morgan fingerprint density at radius 2 is 2.12 bits per heavy atom. The lowest BCUT2D eigenvalue weighted by molar-refractivity contribution is -0.146. The molecule has 0 saturated carbocycles. The third-order valence-corrected chi connectivity index (χ3v) is 5.25. The minimum absolute atomic E-state index is 0.0123. The van der Waals surface area contributed by atoms with Crippen LogP contribution < -0.4 is 4.90 Å². The fourth-order valence-corrected chi connectivity index (χ4v) is 4.17. The number of anilines is 1. The number of nitrogens with zero attached hydrogens (tertiary/aromatic N) is 1. The molecule has 2 fully saturated rings. The molecule has 9 heteroatoms. The second kappa shape index (κ2) is 4.98. The number of fused-ring (bicyclic) bond motifs is 1. The van der Waals surface area contributed by atoms with Crippen molar-refractivity contribution in [2.45, 2.75) is 17.9 Å². The molecule has 0 aliphatic carbocycles. The molecule has 4 atom stereocenters. The third-order valence-electron chi connectivity index (χ3n) is 4.95. The maximum absolute atomic E-state index is 12.8. The van der Waals surface area contributed by atoms with Crippen molar-refractivity contribution in [1.82, 2.24) is 0 Å². The van der Waals surface area contributed by atoms with Gasteiger partial charge in [0, 0.05) is 0 Å². The van der Waals surface area contributed by atoms with Crippen LogP contribution in [0.4, 0.5) is 18.9 Å². The molecule has 1 aromatic carbocycles. The van der Waals surface area contributed by atoms with Crippen LogP contribution in [0.25, 0.3) is 0 Å². The van der Waals surface area contributed by atoms with Gasteiger partial charge in [-0.15, -0.1) is 0 Å². The van der Waals surface area contributed by atoms with Gasteiger partial charge in [-0.2, -0.15) is 13.2 Å². The zero-order chi connectivity index (χ0) is 18.1. The monoisotopic (exact) mass is 373 g/mol. The Morgan fingerprint density at radius 1 is 1.40 bits per heavy atom. The highest BCUT2D eigenvalue weighted by Gasteiger charge is 2.67. The van der Waals surface area contributed by atoms with Gasteiger partial charge in [0.25, 0.3) is 0 Å². The van der Waals surface area contributed by atoms with Crippen molar-refractivity contribution in [2.24, 2.45) is 11.8 Å². The highest BCUT2D eigenvalue weighted by Crippen LogP contribution is 2.53. The predicted molar refractivity (Wildman–Crippen MR) is 80.2 cm³/mol. The van der Waals surface area contributed by atoms with E-state index in [2.05, 4.69) is 0 Å². The van der Waals surface area contributed by atoms with Crippen LogP contribution in [-0.4, -0.2) is 35.2 Å². The van der Waals surface area contributed by atoms with Gasteiger partial charge in [0.2, 0.25) is 5.91 Å². The van der Waals surface area contributed by atoms with Crippen LogP contribution in [0.1, 0.15) is 5.56 Å². The minimum atomic E-state index is -4.55. The summed E-state index contributed by atoms with van der Waals surface area (Å²) in [5.74, 6) is -3.59. The summed E-state index contributed by atoms with van der Waals surface area (Å²) in [6.45, 7) is 0.0123. The number of aliphatic carboxylic acids is 1. The predicted octanol–water partition coefficient (Wildman–Crippen LogP) is 2.73. The number of hydrogen-bond acceptors (Lipinski definition) is 3. The standard InChI is InChI=1S/C16H11ClF3NO4/c17-8-5-7(16(18,19)20)1-2-9(8)21-6-15-4-3-10(25-15)11(14(23)24)12(15)13(21)22/h1-5,10-12H,6H2,(H,23,24). The molecule has 3 heterocycles. The van der Waals surface area contributed by atoms with Gasteiger partial charge in [0.05, 0.1) is 34.8 Å². The van der Waals surface area contributed by atoms with Crippen LogP contribution in [-0.2, 0) is 20.5 Å². The second-order valence-corrected chi connectivity index (χ2v) is 6.73. The van der Waals surface area contributed by atoms with Crippen LogP contribution in [0.15, 0.2) is 30.4 Å². The maximum Gasteiger partial charge on any atom is 0.416 e. The van der Waals surface area contributed by atoms with Crippen molar-refractivity contribution < 1.29 is 32.6 Å². The van der Waals surface area contributed by atoms with Crippen LogP contribution >= 0.6 is 11.6 Å². The number of amides is 1. The molecule has 4 rings (SSSR count). The number of carbonyl (C=O) groups is 2. The third kappa shape index (κ3) is 2.20. The number of carboxylic acid groups (broad SMARTS) is 1. The van der Waals surface area contributed by atoms with E-state index in [-0.39, 0.29) is 17.3 Å². The van der Waals surface area contributed by atoms with Gasteiger partial charge in [0.1, 0.15) is 11.5 Å². The van der Waals surface area contributed by atoms with Gasteiger partial charge in [-0.1, -0.05) is 23.8 Å². The number of hydrogen-bond donors (Lipinski definition) is 1. The minimum Gasteiger partial charge on any atom is -0.481 e. The molecule has 1 N–H and O–H groups in total. The average molecular weight is 374 g/mol. The number of halogens is 4. The topological polar surface area (TPSA) is 66.8 Å². The van der Waals surface area contributed by atoms with E-state index in [1.807, 2.05) is 0 Å². The van der Waals surface area contributed by atoms with Crippen molar-refractivity contribution >= 4 is 29.2 Å². The second-order valence-electron chi connectivity index (χ2n) is 6.33. The van der Waals surface area contributed by atoms with Crippen molar-refractivity contribution in [3.63, 3.8) is 0 Å². The summed E-state index contributed by atoms with van der Waals surface area (Å²) in [6, 6.07) is 2.70. The van der Waals surface area contributed by atoms with E-state index in [9.17, 15) is 27.9 Å². The lowest BCUT2D eigenvalue weighted by Gasteiger charge is -2.22. The summed E-state index contributed by atoms with van der Waals surface area (Å²) in [6.07, 6.45) is -1.94. The summed E-state index contributed by atoms with van der Waals surface area (Å²) >= 11 is 5.97. The van der Waals surface area contributed by atoms with Gasteiger partial charge in [0.15, 0.2) is 0 Å². The highest BCUT2D eigenvalue weighted by atomic mass is 35.5. The Morgan fingerprint density at radius 3 is 2.72 bits per heavy atom. The molecule has 25 heavy (non-hydrogen) atoms. The van der Waals surface area contributed by atoms with Gasteiger partial charge in [-0.05, 0) is 18.2 Å². The molecule has 3 aliphatic heterocycles. The largest absolute Gasteiger partial charge is 0.481 e. The van der Waals surface area contributed by atoms with E-state index in [0.29, 0.717) is 0 Å². The fraction of sp³-hybridized carbons (Fsp3) is 0.375. The smallest absolute Gasteiger partial charge is 0.416 e. The molecule has 1 aromatic rings. The lowest BCUT2D eigenvalue weighted by atomic mass is 9.77. The Kier molecular flexibility index (Phi) is 3.27. The number of rotatable bonds is 2. The van der Waals surface area contributed by atoms with Gasteiger partial charge >= 0.3 is 12.1 Å². The van der Waals surface area contributed by atoms with Gasteiger partial charge in [-0.25, -0.2) is 0 Å². The Labute approximate surface area is 144 Å². The van der Waals surface area contributed by atoms with E-state index in [1.54, 1.807) is 12.2 Å². The number of carbonyl (C=O) groups excluding carboxylic acids is 1. The number of ether oxygens (including phenoxy) is 1. The summed E-state index contributed by atoms with van der Waals surface area (Å²) < 4.78 is 44.0. The van der Waals surface area contributed by atoms with E-state index >= 15 is 0 Å². The summed E-state index contributed by atoms with van der Waals surface area (Å²) in [5.41, 5.74) is -1.89. The Balaban J connectivity index is 1.72. The SMILES string of the molecule is O=C(O)C1C2C=CC3(CN(c4ccc(C(F)(F)F)cc4Cl)C(=O)C13)O2. The maximum atomic E-state index is 12.8. The molecule has 0 radical (unpaired) electrons. The first-order valence-corrected chi connectivity index (χ1v) is 7.80. The van der Waals surface area contributed by atoms with Crippen LogP contribution in [0.2, 0.25) is 5.02 Å². The molecule has 2 saturated heterocycles.